The van der Waals surface area contributed by atoms with E-state index in [0.29, 0.717) is 6.61 Å². The molecule has 0 unspecified atom stereocenters. The molecule has 0 saturated heterocycles. The number of carbonyl (C=O) groups is 1. The Bertz CT molecular complexity index is 827. The summed E-state index contributed by atoms with van der Waals surface area (Å²) < 4.78 is 0. The van der Waals surface area contributed by atoms with E-state index in [-0.39, 0.29) is 5.91 Å². The SMILES string of the molecule is C=CC(=O)N(CCCCCCCCCCO)c1cccc2c1Cc1ccccc1-2. The number of aliphatic hydroxyl groups is 1. The van der Waals surface area contributed by atoms with Crippen LogP contribution in [0.5, 0.6) is 0 Å². The molecule has 0 heterocycles. The van der Waals surface area contributed by atoms with Crippen LogP contribution in [0.25, 0.3) is 11.1 Å². The van der Waals surface area contributed by atoms with Gasteiger partial charge >= 0.3 is 0 Å². The second-order valence-corrected chi connectivity index (χ2v) is 7.88. The zero-order chi connectivity index (χ0) is 20.5. The summed E-state index contributed by atoms with van der Waals surface area (Å²) in [6.45, 7) is 4.77. The Balaban J connectivity index is 1.59. The predicted molar refractivity (Wildman–Crippen MR) is 121 cm³/mol. The third-order valence-electron chi connectivity index (χ3n) is 5.85. The van der Waals surface area contributed by atoms with Crippen LogP contribution in [-0.2, 0) is 11.2 Å². The summed E-state index contributed by atoms with van der Waals surface area (Å²) >= 11 is 0. The Hall–Kier alpha value is -2.39. The third-order valence-corrected chi connectivity index (χ3v) is 5.85. The van der Waals surface area contributed by atoms with Crippen molar-refractivity contribution in [3.63, 3.8) is 0 Å². The average molecular weight is 392 g/mol. The summed E-state index contributed by atoms with van der Waals surface area (Å²) in [5, 5.41) is 8.82. The van der Waals surface area contributed by atoms with Gasteiger partial charge in [-0.05, 0) is 47.2 Å². The molecule has 0 aliphatic heterocycles. The van der Waals surface area contributed by atoms with Gasteiger partial charge in [-0.2, -0.15) is 0 Å². The molecule has 1 aliphatic rings. The molecule has 0 saturated carbocycles. The number of fused-ring (bicyclic) bond motifs is 3. The van der Waals surface area contributed by atoms with Gasteiger partial charge in [0.15, 0.2) is 0 Å². The lowest BCUT2D eigenvalue weighted by atomic mass is 10.0. The molecule has 0 atom stereocenters. The van der Waals surface area contributed by atoms with Gasteiger partial charge in [-0.3, -0.25) is 4.79 Å². The fraction of sp³-hybridized carbons (Fsp3) is 0.423. The van der Waals surface area contributed by atoms with Gasteiger partial charge in [0, 0.05) is 25.3 Å². The number of unbranched alkanes of at least 4 members (excludes halogenated alkanes) is 7. The molecule has 2 aromatic carbocycles. The molecule has 3 nitrogen and oxygen atoms in total. The maximum atomic E-state index is 12.6. The minimum atomic E-state index is -0.0154. The molecular formula is C26H33NO2. The first kappa shape index (κ1) is 21.3. The van der Waals surface area contributed by atoms with E-state index in [2.05, 4.69) is 49.0 Å². The van der Waals surface area contributed by atoms with Gasteiger partial charge in [0.05, 0.1) is 0 Å². The summed E-state index contributed by atoms with van der Waals surface area (Å²) in [5.74, 6) is -0.0154. The Morgan fingerprint density at radius 3 is 2.28 bits per heavy atom. The minimum absolute atomic E-state index is 0.0154. The number of hydrogen-bond acceptors (Lipinski definition) is 2. The Kier molecular flexibility index (Phi) is 8.06. The van der Waals surface area contributed by atoms with E-state index < -0.39 is 0 Å². The van der Waals surface area contributed by atoms with Crippen LogP contribution in [0.2, 0.25) is 0 Å². The number of benzene rings is 2. The highest BCUT2D eigenvalue weighted by atomic mass is 16.2. The molecule has 1 aliphatic carbocycles. The summed E-state index contributed by atoms with van der Waals surface area (Å²) in [6.07, 6.45) is 11.4. The standard InChI is InChI=1S/C26H33NO2/c1-2-26(29)27(18-11-7-5-3-4-6-8-12-19-28)25-17-13-16-23-22-15-10-9-14-21(22)20-24(23)25/h2,9-10,13-17,28H,1,3-8,11-12,18-20H2. The van der Waals surface area contributed by atoms with Gasteiger partial charge in [-0.25, -0.2) is 0 Å². The van der Waals surface area contributed by atoms with Crippen LogP contribution in [-0.4, -0.2) is 24.2 Å². The fourth-order valence-electron chi connectivity index (χ4n) is 4.30. The minimum Gasteiger partial charge on any atom is -0.396 e. The summed E-state index contributed by atoms with van der Waals surface area (Å²) in [4.78, 5) is 14.6. The van der Waals surface area contributed by atoms with E-state index in [0.717, 1.165) is 44.3 Å². The van der Waals surface area contributed by atoms with Crippen molar-refractivity contribution in [2.75, 3.05) is 18.1 Å². The van der Waals surface area contributed by atoms with E-state index >= 15 is 0 Å². The van der Waals surface area contributed by atoms with Crippen molar-refractivity contribution in [3.8, 4) is 11.1 Å². The topological polar surface area (TPSA) is 40.5 Å². The van der Waals surface area contributed by atoms with Crippen molar-refractivity contribution >= 4 is 11.6 Å². The molecule has 154 valence electrons. The molecule has 2 aromatic rings. The largest absolute Gasteiger partial charge is 0.396 e. The van der Waals surface area contributed by atoms with Crippen molar-refractivity contribution in [1.82, 2.24) is 0 Å². The second kappa shape index (κ2) is 11.0. The number of carbonyl (C=O) groups excluding carboxylic acids is 1. The third kappa shape index (κ3) is 5.36. The van der Waals surface area contributed by atoms with Crippen LogP contribution in [0.4, 0.5) is 5.69 Å². The van der Waals surface area contributed by atoms with Crippen molar-refractivity contribution in [2.45, 2.75) is 57.8 Å². The molecular weight excluding hydrogens is 358 g/mol. The zero-order valence-electron chi connectivity index (χ0n) is 17.4. The molecule has 29 heavy (non-hydrogen) atoms. The molecule has 0 fully saturated rings. The first-order valence-corrected chi connectivity index (χ1v) is 11.0. The van der Waals surface area contributed by atoms with Crippen molar-refractivity contribution in [2.24, 2.45) is 0 Å². The molecule has 1 N–H and O–H groups in total. The number of rotatable bonds is 12. The smallest absolute Gasteiger partial charge is 0.250 e. The quantitative estimate of drug-likeness (QED) is 0.309. The van der Waals surface area contributed by atoms with E-state index in [4.69, 9.17) is 5.11 Å². The maximum Gasteiger partial charge on any atom is 0.250 e. The van der Waals surface area contributed by atoms with E-state index in [9.17, 15) is 4.79 Å². The van der Waals surface area contributed by atoms with Crippen LogP contribution in [0, 0.1) is 0 Å². The number of aliphatic hydroxyl groups excluding tert-OH is 1. The molecule has 3 heteroatoms. The van der Waals surface area contributed by atoms with E-state index in [1.54, 1.807) is 0 Å². The van der Waals surface area contributed by atoms with Gasteiger partial charge in [-0.15, -0.1) is 0 Å². The fourth-order valence-corrected chi connectivity index (χ4v) is 4.30. The lowest BCUT2D eigenvalue weighted by Crippen LogP contribution is -2.31. The van der Waals surface area contributed by atoms with Gasteiger partial charge in [0.25, 0.3) is 0 Å². The number of anilines is 1. The van der Waals surface area contributed by atoms with Gasteiger partial charge in [0.1, 0.15) is 0 Å². The molecule has 0 bridgehead atoms. The molecule has 1 amide bonds. The molecule has 0 spiro atoms. The molecule has 0 radical (unpaired) electrons. The summed E-state index contributed by atoms with van der Waals surface area (Å²) in [5.41, 5.74) is 6.17. The predicted octanol–water partition coefficient (Wildman–Crippen LogP) is 5.89. The Labute approximate surface area is 175 Å². The highest BCUT2D eigenvalue weighted by Crippen LogP contribution is 2.41. The Morgan fingerprint density at radius 1 is 0.897 bits per heavy atom. The zero-order valence-corrected chi connectivity index (χ0v) is 17.4. The Morgan fingerprint density at radius 2 is 1.55 bits per heavy atom. The summed E-state index contributed by atoms with van der Waals surface area (Å²) in [6, 6.07) is 14.8. The van der Waals surface area contributed by atoms with Crippen LogP contribution in [0.3, 0.4) is 0 Å². The van der Waals surface area contributed by atoms with Crippen LogP contribution in [0.1, 0.15) is 62.5 Å². The monoisotopic (exact) mass is 391 g/mol. The first-order chi connectivity index (χ1) is 14.3. The van der Waals surface area contributed by atoms with E-state index in [1.165, 1.54) is 54.0 Å². The van der Waals surface area contributed by atoms with Crippen molar-refractivity contribution in [3.05, 3.63) is 66.2 Å². The van der Waals surface area contributed by atoms with Crippen molar-refractivity contribution in [1.29, 1.82) is 0 Å². The normalized spacial score (nSPS) is 11.8. The first-order valence-electron chi connectivity index (χ1n) is 11.0. The average Bonchev–Trinajstić information content (AvgIpc) is 3.14. The summed E-state index contributed by atoms with van der Waals surface area (Å²) in [7, 11) is 0. The van der Waals surface area contributed by atoms with Crippen molar-refractivity contribution < 1.29 is 9.90 Å². The number of amides is 1. The maximum absolute atomic E-state index is 12.6. The highest BCUT2D eigenvalue weighted by Gasteiger charge is 2.24. The van der Waals surface area contributed by atoms with E-state index in [1.807, 2.05) is 4.90 Å². The van der Waals surface area contributed by atoms with Crippen LogP contribution >= 0.6 is 0 Å². The molecule has 3 rings (SSSR count). The second-order valence-electron chi connectivity index (χ2n) is 7.88. The number of nitrogens with zero attached hydrogens (tertiary/aromatic N) is 1. The van der Waals surface area contributed by atoms with Gasteiger partial charge in [0.2, 0.25) is 5.91 Å². The molecule has 0 aromatic heterocycles. The highest BCUT2D eigenvalue weighted by molar-refractivity contribution is 6.02. The number of hydrogen-bond donors (Lipinski definition) is 1. The van der Waals surface area contributed by atoms with Crippen LogP contribution in [0.15, 0.2) is 55.1 Å². The van der Waals surface area contributed by atoms with Crippen LogP contribution < -0.4 is 4.90 Å². The lowest BCUT2D eigenvalue weighted by molar-refractivity contribution is -0.114. The van der Waals surface area contributed by atoms with Gasteiger partial charge in [-0.1, -0.05) is 81.5 Å². The van der Waals surface area contributed by atoms with Gasteiger partial charge < -0.3 is 10.0 Å². The lowest BCUT2D eigenvalue weighted by Gasteiger charge is -2.24.